The molecule has 4 rings (SSSR count). The van der Waals surface area contributed by atoms with Crippen molar-refractivity contribution in [3.05, 3.63) is 70.0 Å². The maximum Gasteiger partial charge on any atom is 0.252 e. The summed E-state index contributed by atoms with van der Waals surface area (Å²) in [5.41, 5.74) is 1.83. The number of para-hydroxylation sites is 1. The van der Waals surface area contributed by atoms with Crippen LogP contribution >= 0.6 is 0 Å². The Hall–Kier alpha value is -2.68. The number of pyridine rings is 1. The van der Waals surface area contributed by atoms with Gasteiger partial charge < -0.3 is 14.5 Å². The van der Waals surface area contributed by atoms with Gasteiger partial charge in [-0.3, -0.25) is 4.79 Å². The number of H-pyrrole nitrogens is 1. The molecule has 1 aliphatic heterocycles. The average molecular weight is 443 g/mol. The quantitative estimate of drug-likeness (QED) is 0.607. The molecule has 2 heterocycles. The van der Waals surface area contributed by atoms with Crippen molar-refractivity contribution >= 4 is 20.9 Å². The second kappa shape index (κ2) is 8.82. The van der Waals surface area contributed by atoms with E-state index >= 15 is 0 Å². The van der Waals surface area contributed by atoms with Gasteiger partial charge in [0, 0.05) is 25.3 Å². The average Bonchev–Trinajstić information content (AvgIpc) is 3.28. The Labute approximate surface area is 181 Å². The van der Waals surface area contributed by atoms with Crippen LogP contribution in [0.1, 0.15) is 24.0 Å². The van der Waals surface area contributed by atoms with E-state index in [-0.39, 0.29) is 29.6 Å². The van der Waals surface area contributed by atoms with Crippen molar-refractivity contribution in [3.8, 4) is 5.75 Å². The van der Waals surface area contributed by atoms with Gasteiger partial charge >= 0.3 is 0 Å². The van der Waals surface area contributed by atoms with Crippen LogP contribution in [0.2, 0.25) is 0 Å². The van der Waals surface area contributed by atoms with E-state index < -0.39 is 10.0 Å². The van der Waals surface area contributed by atoms with Gasteiger partial charge in [0.2, 0.25) is 10.0 Å². The fourth-order valence-corrected chi connectivity index (χ4v) is 5.35. The lowest BCUT2D eigenvalue weighted by Crippen LogP contribution is -2.38. The number of sulfonamides is 1. The topological polar surface area (TPSA) is 88.7 Å². The summed E-state index contributed by atoms with van der Waals surface area (Å²) in [6.45, 7) is 2.71. The van der Waals surface area contributed by atoms with Crippen molar-refractivity contribution in [2.75, 3.05) is 20.3 Å². The van der Waals surface area contributed by atoms with Gasteiger partial charge in [0.05, 0.1) is 23.6 Å². The highest BCUT2D eigenvalue weighted by Gasteiger charge is 2.30. The molecule has 1 aromatic heterocycles. The van der Waals surface area contributed by atoms with Gasteiger partial charge in [0.15, 0.2) is 0 Å². The molecular weight excluding hydrogens is 416 g/mol. The number of hydrogen-bond acceptors (Lipinski definition) is 5. The van der Waals surface area contributed by atoms with Gasteiger partial charge in [-0.25, -0.2) is 8.42 Å². The first-order valence-electron chi connectivity index (χ1n) is 10.3. The van der Waals surface area contributed by atoms with Crippen LogP contribution in [0.4, 0.5) is 0 Å². The van der Waals surface area contributed by atoms with Crippen LogP contribution < -0.4 is 10.3 Å². The second-order valence-electron chi connectivity index (χ2n) is 7.77. The first-order valence-corrected chi connectivity index (χ1v) is 11.7. The highest BCUT2D eigenvalue weighted by atomic mass is 32.2. The number of rotatable bonds is 7. The molecule has 1 saturated heterocycles. The number of nitrogens with one attached hydrogen (secondary N) is 1. The number of benzene rings is 2. The summed E-state index contributed by atoms with van der Waals surface area (Å²) in [5, 5.41) is 0.869. The Kier molecular flexibility index (Phi) is 6.13. The third kappa shape index (κ3) is 4.51. The van der Waals surface area contributed by atoms with Gasteiger partial charge in [0.25, 0.3) is 5.56 Å². The molecule has 7 nitrogen and oxygen atoms in total. The summed E-state index contributed by atoms with van der Waals surface area (Å²) in [5.74, 6) is 0.575. The van der Waals surface area contributed by atoms with Crippen LogP contribution in [0.5, 0.6) is 5.75 Å². The fourth-order valence-electron chi connectivity index (χ4n) is 3.90. The fraction of sp³-hybridized carbons (Fsp3) is 0.348. The summed E-state index contributed by atoms with van der Waals surface area (Å²) in [6, 6.07) is 13.8. The van der Waals surface area contributed by atoms with Gasteiger partial charge in [-0.2, -0.15) is 4.31 Å². The van der Waals surface area contributed by atoms with Gasteiger partial charge in [-0.1, -0.05) is 18.2 Å². The molecule has 1 fully saturated rings. The van der Waals surface area contributed by atoms with E-state index in [0.29, 0.717) is 17.9 Å². The van der Waals surface area contributed by atoms with Crippen LogP contribution in [-0.4, -0.2) is 44.1 Å². The standard InChI is InChI=1S/C23H26N2O5S/c1-16-5-3-6-17-13-18(23(26)24-22(16)17)14-25(15-20-7-4-12-30-20)31(27,28)21-10-8-19(29-2)9-11-21/h3,5-6,8-11,13,20H,4,7,12,14-15H2,1-2H3,(H,24,26). The highest BCUT2D eigenvalue weighted by Crippen LogP contribution is 2.24. The number of hydrogen-bond donors (Lipinski definition) is 1. The van der Waals surface area contributed by atoms with Gasteiger partial charge in [-0.05, 0) is 61.0 Å². The molecule has 8 heteroatoms. The first kappa shape index (κ1) is 21.5. The van der Waals surface area contributed by atoms with Crippen LogP contribution in [-0.2, 0) is 21.3 Å². The Morgan fingerprint density at radius 3 is 2.65 bits per heavy atom. The molecule has 0 bridgehead atoms. The van der Waals surface area contributed by atoms with Crippen molar-refractivity contribution < 1.29 is 17.9 Å². The van der Waals surface area contributed by atoms with Gasteiger partial charge in [-0.15, -0.1) is 0 Å². The van der Waals surface area contributed by atoms with Crippen LogP contribution in [0, 0.1) is 6.92 Å². The van der Waals surface area contributed by atoms with Crippen molar-refractivity contribution in [1.82, 2.24) is 9.29 Å². The number of aryl methyl sites for hydroxylation is 1. The molecule has 0 radical (unpaired) electrons. The van der Waals surface area contributed by atoms with E-state index in [1.807, 2.05) is 25.1 Å². The Balaban J connectivity index is 1.72. The van der Waals surface area contributed by atoms with Crippen LogP contribution in [0.3, 0.4) is 0 Å². The van der Waals surface area contributed by atoms with Crippen molar-refractivity contribution in [3.63, 3.8) is 0 Å². The number of aromatic amines is 1. The van der Waals surface area contributed by atoms with Crippen molar-refractivity contribution in [2.24, 2.45) is 0 Å². The maximum atomic E-state index is 13.5. The molecule has 1 unspecified atom stereocenters. The number of fused-ring (bicyclic) bond motifs is 1. The molecule has 1 aliphatic rings. The maximum absolute atomic E-state index is 13.5. The summed E-state index contributed by atoms with van der Waals surface area (Å²) in [6.07, 6.45) is 1.51. The van der Waals surface area contributed by atoms with Crippen LogP contribution in [0.25, 0.3) is 10.9 Å². The second-order valence-corrected chi connectivity index (χ2v) is 9.71. The molecule has 1 N–H and O–H groups in total. The van der Waals surface area contributed by atoms with E-state index in [2.05, 4.69) is 4.98 Å². The molecule has 3 aromatic rings. The number of ether oxygens (including phenoxy) is 2. The lowest BCUT2D eigenvalue weighted by molar-refractivity contribution is 0.0925. The minimum absolute atomic E-state index is 0.0343. The zero-order valence-corrected chi connectivity index (χ0v) is 18.4. The minimum atomic E-state index is -3.84. The number of methoxy groups -OCH3 is 1. The predicted molar refractivity (Wildman–Crippen MR) is 119 cm³/mol. The number of aromatic nitrogens is 1. The zero-order valence-electron chi connectivity index (χ0n) is 17.6. The highest BCUT2D eigenvalue weighted by molar-refractivity contribution is 7.89. The Morgan fingerprint density at radius 2 is 1.97 bits per heavy atom. The van der Waals surface area contributed by atoms with E-state index in [1.165, 1.54) is 23.5 Å². The molecule has 1 atom stereocenters. The lowest BCUT2D eigenvalue weighted by Gasteiger charge is -2.25. The molecule has 164 valence electrons. The normalized spacial score (nSPS) is 16.8. The molecule has 2 aromatic carbocycles. The Morgan fingerprint density at radius 1 is 1.19 bits per heavy atom. The first-order chi connectivity index (χ1) is 14.9. The molecule has 0 aliphatic carbocycles. The Bertz CT molecular complexity index is 1230. The summed E-state index contributed by atoms with van der Waals surface area (Å²) >= 11 is 0. The predicted octanol–water partition coefficient (Wildman–Crippen LogP) is 3.22. The summed E-state index contributed by atoms with van der Waals surface area (Å²) in [7, 11) is -2.32. The molecule has 0 amide bonds. The van der Waals surface area contributed by atoms with E-state index in [0.717, 1.165) is 29.3 Å². The lowest BCUT2D eigenvalue weighted by atomic mass is 10.1. The van der Waals surface area contributed by atoms with Crippen molar-refractivity contribution in [2.45, 2.75) is 37.3 Å². The third-order valence-corrected chi connectivity index (χ3v) is 7.47. The van der Waals surface area contributed by atoms with E-state index in [9.17, 15) is 13.2 Å². The zero-order chi connectivity index (χ0) is 22.0. The molecule has 31 heavy (non-hydrogen) atoms. The molecule has 0 spiro atoms. The summed E-state index contributed by atoms with van der Waals surface area (Å²) in [4.78, 5) is 15.8. The number of nitrogens with zero attached hydrogens (tertiary/aromatic N) is 1. The van der Waals surface area contributed by atoms with Crippen LogP contribution in [0.15, 0.2) is 58.2 Å². The third-order valence-electron chi connectivity index (χ3n) is 5.64. The largest absolute Gasteiger partial charge is 0.497 e. The molecule has 0 saturated carbocycles. The van der Waals surface area contributed by atoms with E-state index in [1.54, 1.807) is 18.2 Å². The smallest absolute Gasteiger partial charge is 0.252 e. The van der Waals surface area contributed by atoms with E-state index in [4.69, 9.17) is 9.47 Å². The molecular formula is C23H26N2O5S. The SMILES string of the molecule is COc1ccc(S(=O)(=O)N(Cc2cc3cccc(C)c3[nH]c2=O)CC2CCCO2)cc1. The van der Waals surface area contributed by atoms with Crippen molar-refractivity contribution in [1.29, 1.82) is 0 Å². The summed E-state index contributed by atoms with van der Waals surface area (Å²) < 4.78 is 39.1. The monoisotopic (exact) mass is 442 g/mol. The van der Waals surface area contributed by atoms with Gasteiger partial charge in [0.1, 0.15) is 5.75 Å². The minimum Gasteiger partial charge on any atom is -0.497 e.